The third-order valence-corrected chi connectivity index (χ3v) is 3.89. The van der Waals surface area contributed by atoms with E-state index >= 15 is 0 Å². The van der Waals surface area contributed by atoms with Crippen LogP contribution in [0, 0.1) is 6.92 Å². The van der Waals surface area contributed by atoms with Crippen molar-refractivity contribution in [3.8, 4) is 5.75 Å². The zero-order valence-electron chi connectivity index (χ0n) is 9.64. The molecule has 3 rings (SSSR count). The number of carbonyl (C=O) groups excluding carboxylic acids is 1. The monoisotopic (exact) mass is 262 g/mol. The molecule has 2 aromatic rings. The lowest BCUT2D eigenvalue weighted by atomic mass is 9.93. The third-order valence-electron chi connectivity index (χ3n) is 2.90. The normalized spacial score (nSPS) is 18.3. The molecule has 0 saturated carbocycles. The van der Waals surface area contributed by atoms with E-state index in [0.29, 0.717) is 17.1 Å². The van der Waals surface area contributed by atoms with Gasteiger partial charge < -0.3 is 9.15 Å². The van der Waals surface area contributed by atoms with Gasteiger partial charge in [-0.05, 0) is 18.4 Å². The van der Waals surface area contributed by atoms with Crippen molar-refractivity contribution in [3.63, 3.8) is 0 Å². The van der Waals surface area contributed by atoms with E-state index in [1.165, 1.54) is 11.3 Å². The summed E-state index contributed by atoms with van der Waals surface area (Å²) in [6.45, 7) is 1.66. The predicted molar refractivity (Wildman–Crippen MR) is 66.1 cm³/mol. The van der Waals surface area contributed by atoms with Crippen LogP contribution in [0.25, 0.3) is 0 Å². The maximum absolute atomic E-state index is 11.9. The molecule has 1 aliphatic heterocycles. The SMILES string of the molecule is Cc1cc2c(c(=O)o1)[C@@H](c1cccs1)CC(=O)O2. The molecule has 5 heteroatoms. The summed E-state index contributed by atoms with van der Waals surface area (Å²) in [5.74, 6) is 0.209. The van der Waals surface area contributed by atoms with Gasteiger partial charge in [0.2, 0.25) is 0 Å². The fourth-order valence-electron chi connectivity index (χ4n) is 2.16. The Balaban J connectivity index is 2.21. The molecular weight excluding hydrogens is 252 g/mol. The lowest BCUT2D eigenvalue weighted by molar-refractivity contribution is -0.135. The summed E-state index contributed by atoms with van der Waals surface area (Å²) in [5, 5.41) is 1.92. The number of esters is 1. The fraction of sp³-hybridized carbons (Fsp3) is 0.231. The zero-order valence-corrected chi connectivity index (χ0v) is 10.5. The molecule has 0 unspecified atom stereocenters. The van der Waals surface area contributed by atoms with Crippen molar-refractivity contribution in [1.29, 1.82) is 0 Å². The Bertz CT molecular complexity index is 654. The number of hydrogen-bond donors (Lipinski definition) is 0. The number of thiophene rings is 1. The summed E-state index contributed by atoms with van der Waals surface area (Å²) in [6, 6.07) is 5.40. The lowest BCUT2D eigenvalue weighted by Gasteiger charge is -2.22. The number of hydrogen-bond acceptors (Lipinski definition) is 5. The second-order valence-electron chi connectivity index (χ2n) is 4.17. The summed E-state index contributed by atoms with van der Waals surface area (Å²) in [5.41, 5.74) is 0.0264. The quantitative estimate of drug-likeness (QED) is 0.741. The van der Waals surface area contributed by atoms with Gasteiger partial charge in [-0.3, -0.25) is 4.79 Å². The molecule has 0 fully saturated rings. The van der Waals surface area contributed by atoms with Gasteiger partial charge >= 0.3 is 11.6 Å². The van der Waals surface area contributed by atoms with E-state index in [-0.39, 0.29) is 18.3 Å². The predicted octanol–water partition coefficient (Wildman–Crippen LogP) is 2.45. The van der Waals surface area contributed by atoms with Gasteiger partial charge in [-0.15, -0.1) is 11.3 Å². The van der Waals surface area contributed by atoms with E-state index in [1.807, 2.05) is 17.5 Å². The minimum Gasteiger partial charge on any atom is -0.428 e. The summed E-state index contributed by atoms with van der Waals surface area (Å²) in [6.07, 6.45) is 0.182. The van der Waals surface area contributed by atoms with Crippen LogP contribution in [0.3, 0.4) is 0 Å². The Morgan fingerprint density at radius 3 is 2.94 bits per heavy atom. The van der Waals surface area contributed by atoms with Gasteiger partial charge in [0, 0.05) is 16.9 Å². The average molecular weight is 262 g/mol. The molecule has 0 N–H and O–H groups in total. The van der Waals surface area contributed by atoms with Crippen LogP contribution in [0.4, 0.5) is 0 Å². The fourth-order valence-corrected chi connectivity index (χ4v) is 2.99. The molecule has 92 valence electrons. The highest BCUT2D eigenvalue weighted by molar-refractivity contribution is 7.10. The Morgan fingerprint density at radius 1 is 1.39 bits per heavy atom. The number of aryl methyl sites for hydroxylation is 1. The Labute approximate surface area is 107 Å². The van der Waals surface area contributed by atoms with E-state index in [4.69, 9.17) is 9.15 Å². The summed E-state index contributed by atoms with van der Waals surface area (Å²) >= 11 is 1.52. The average Bonchev–Trinajstić information content (AvgIpc) is 2.79. The van der Waals surface area contributed by atoms with Crippen molar-refractivity contribution < 1.29 is 13.9 Å². The van der Waals surface area contributed by atoms with Gasteiger partial charge in [0.05, 0.1) is 12.0 Å². The molecule has 1 atom stereocenters. The van der Waals surface area contributed by atoms with Crippen molar-refractivity contribution in [2.75, 3.05) is 0 Å². The van der Waals surface area contributed by atoms with Gasteiger partial charge in [0.1, 0.15) is 11.5 Å². The first-order valence-electron chi connectivity index (χ1n) is 5.54. The van der Waals surface area contributed by atoms with Crippen LogP contribution in [0.2, 0.25) is 0 Å². The maximum Gasteiger partial charge on any atom is 0.343 e. The first kappa shape index (κ1) is 11.2. The Morgan fingerprint density at radius 2 is 2.22 bits per heavy atom. The van der Waals surface area contributed by atoms with Gasteiger partial charge in [-0.25, -0.2) is 4.79 Å². The molecule has 3 heterocycles. The zero-order chi connectivity index (χ0) is 12.7. The highest BCUT2D eigenvalue weighted by Crippen LogP contribution is 2.38. The number of ether oxygens (including phenoxy) is 1. The summed E-state index contributed by atoms with van der Waals surface area (Å²) in [7, 11) is 0. The van der Waals surface area contributed by atoms with Gasteiger partial charge in [-0.1, -0.05) is 6.07 Å². The van der Waals surface area contributed by atoms with E-state index in [1.54, 1.807) is 13.0 Å². The first-order chi connectivity index (χ1) is 8.65. The van der Waals surface area contributed by atoms with Crippen molar-refractivity contribution >= 4 is 17.3 Å². The minimum atomic E-state index is -0.420. The van der Waals surface area contributed by atoms with Crippen LogP contribution < -0.4 is 10.4 Å². The van der Waals surface area contributed by atoms with Crippen LogP contribution >= 0.6 is 11.3 Å². The molecule has 0 aliphatic carbocycles. The van der Waals surface area contributed by atoms with Crippen LogP contribution in [0.5, 0.6) is 5.75 Å². The van der Waals surface area contributed by atoms with Crippen LogP contribution in [-0.4, -0.2) is 5.97 Å². The molecule has 1 aliphatic rings. The molecule has 0 aromatic carbocycles. The molecule has 18 heavy (non-hydrogen) atoms. The van der Waals surface area contributed by atoms with E-state index in [0.717, 1.165) is 4.88 Å². The molecule has 2 aromatic heterocycles. The number of fused-ring (bicyclic) bond motifs is 1. The second kappa shape index (κ2) is 4.10. The highest BCUT2D eigenvalue weighted by Gasteiger charge is 2.32. The molecular formula is C13H10O4S. The minimum absolute atomic E-state index is 0.182. The second-order valence-corrected chi connectivity index (χ2v) is 5.15. The highest BCUT2D eigenvalue weighted by atomic mass is 32.1. The lowest BCUT2D eigenvalue weighted by Crippen LogP contribution is -2.26. The van der Waals surface area contributed by atoms with E-state index in [9.17, 15) is 9.59 Å². The maximum atomic E-state index is 11.9. The van der Waals surface area contributed by atoms with Crippen molar-refractivity contribution in [2.24, 2.45) is 0 Å². The Kier molecular flexibility index (Phi) is 2.56. The number of carbonyl (C=O) groups is 1. The molecule has 0 radical (unpaired) electrons. The molecule has 4 nitrogen and oxygen atoms in total. The Hall–Kier alpha value is -1.88. The first-order valence-corrected chi connectivity index (χ1v) is 6.42. The molecule has 0 spiro atoms. The largest absolute Gasteiger partial charge is 0.428 e. The van der Waals surface area contributed by atoms with Crippen molar-refractivity contribution in [2.45, 2.75) is 19.3 Å². The number of rotatable bonds is 1. The smallest absolute Gasteiger partial charge is 0.343 e. The van der Waals surface area contributed by atoms with Crippen LogP contribution in [0.1, 0.15) is 28.5 Å². The van der Waals surface area contributed by atoms with Crippen LogP contribution in [-0.2, 0) is 4.79 Å². The van der Waals surface area contributed by atoms with Gasteiger partial charge in [0.15, 0.2) is 0 Å². The molecule has 0 amide bonds. The van der Waals surface area contributed by atoms with E-state index in [2.05, 4.69) is 0 Å². The summed E-state index contributed by atoms with van der Waals surface area (Å²) < 4.78 is 10.2. The van der Waals surface area contributed by atoms with Gasteiger partial charge in [0.25, 0.3) is 0 Å². The third kappa shape index (κ3) is 1.76. The molecule has 0 saturated heterocycles. The van der Waals surface area contributed by atoms with Gasteiger partial charge in [-0.2, -0.15) is 0 Å². The van der Waals surface area contributed by atoms with Crippen molar-refractivity contribution in [1.82, 2.24) is 0 Å². The standard InChI is InChI=1S/C13H10O4S/c1-7-5-9-12(13(15)16-7)8(6-11(14)17-9)10-3-2-4-18-10/h2-5,8H,6H2,1H3/t8-/m1/s1. The summed E-state index contributed by atoms with van der Waals surface area (Å²) in [4.78, 5) is 24.5. The molecule has 0 bridgehead atoms. The topological polar surface area (TPSA) is 56.5 Å². The van der Waals surface area contributed by atoms with E-state index < -0.39 is 5.63 Å². The van der Waals surface area contributed by atoms with Crippen molar-refractivity contribution in [3.05, 3.63) is 50.2 Å². The van der Waals surface area contributed by atoms with Crippen LogP contribution in [0.15, 0.2) is 32.8 Å².